The number of para-hydroxylation sites is 1. The maximum atomic E-state index is 5.58. The van der Waals surface area contributed by atoms with Crippen LogP contribution in [0.4, 0.5) is 11.6 Å². The number of nitrogens with zero attached hydrogens (tertiary/aromatic N) is 5. The zero-order valence-corrected chi connectivity index (χ0v) is 14.7. The second kappa shape index (κ2) is 5.95. The summed E-state index contributed by atoms with van der Waals surface area (Å²) >= 11 is 0. The number of fused-ring (bicyclic) bond motifs is 4. The number of piperidine rings is 1. The summed E-state index contributed by atoms with van der Waals surface area (Å²) < 4.78 is 0. The number of amidine groups is 1. The van der Waals surface area contributed by atoms with Gasteiger partial charge in [-0.1, -0.05) is 12.1 Å². The number of likely N-dealkylation sites (tertiary alicyclic amines) is 1. The lowest BCUT2D eigenvalue weighted by atomic mass is 9.90. The Bertz CT molecular complexity index is 837. The van der Waals surface area contributed by atoms with E-state index in [1.54, 1.807) is 0 Å². The van der Waals surface area contributed by atoms with Crippen molar-refractivity contribution >= 4 is 17.5 Å². The van der Waals surface area contributed by atoms with Crippen molar-refractivity contribution in [3.8, 4) is 0 Å². The van der Waals surface area contributed by atoms with Crippen molar-refractivity contribution < 1.29 is 0 Å². The van der Waals surface area contributed by atoms with E-state index in [9.17, 15) is 0 Å². The Morgan fingerprint density at radius 2 is 1.85 bits per heavy atom. The molecular formula is C19H23N7. The third-order valence-corrected chi connectivity index (χ3v) is 5.71. The highest BCUT2D eigenvalue weighted by atomic mass is 15.4. The Morgan fingerprint density at radius 1 is 1.08 bits per heavy atom. The van der Waals surface area contributed by atoms with Gasteiger partial charge in [0.1, 0.15) is 11.5 Å². The van der Waals surface area contributed by atoms with Gasteiger partial charge in [-0.2, -0.15) is 0 Å². The van der Waals surface area contributed by atoms with Crippen LogP contribution in [0.15, 0.2) is 41.7 Å². The van der Waals surface area contributed by atoms with Crippen LogP contribution >= 0.6 is 0 Å². The number of nitrogens with two attached hydrogens (primary N) is 1. The van der Waals surface area contributed by atoms with Crippen LogP contribution < -0.4 is 11.1 Å². The Kier molecular flexibility index (Phi) is 3.56. The Balaban J connectivity index is 1.34. The van der Waals surface area contributed by atoms with Gasteiger partial charge in [0.15, 0.2) is 0 Å². The minimum absolute atomic E-state index is 0.0161. The van der Waals surface area contributed by atoms with Crippen molar-refractivity contribution in [1.82, 2.24) is 19.8 Å². The molecule has 2 aromatic rings. The van der Waals surface area contributed by atoms with Crippen molar-refractivity contribution in [3.63, 3.8) is 0 Å². The fraction of sp³-hybridized carbons (Fsp3) is 0.421. The molecule has 0 bridgehead atoms. The van der Waals surface area contributed by atoms with Crippen molar-refractivity contribution in [3.05, 3.63) is 47.8 Å². The first-order chi connectivity index (χ1) is 12.7. The molecule has 0 aliphatic carbocycles. The number of benzene rings is 1. The second-order valence-electron chi connectivity index (χ2n) is 7.28. The van der Waals surface area contributed by atoms with Gasteiger partial charge in [0.2, 0.25) is 5.95 Å². The second-order valence-corrected chi connectivity index (χ2v) is 7.28. The van der Waals surface area contributed by atoms with Gasteiger partial charge in [0.25, 0.3) is 0 Å². The predicted octanol–water partition coefficient (Wildman–Crippen LogP) is 1.54. The van der Waals surface area contributed by atoms with E-state index in [0.29, 0.717) is 5.95 Å². The van der Waals surface area contributed by atoms with E-state index < -0.39 is 0 Å². The normalized spacial score (nSPS) is 21.1. The predicted molar refractivity (Wildman–Crippen MR) is 102 cm³/mol. The third kappa shape index (κ3) is 2.50. The van der Waals surface area contributed by atoms with Gasteiger partial charge in [0, 0.05) is 68.2 Å². The molecule has 5 rings (SSSR count). The fourth-order valence-corrected chi connectivity index (χ4v) is 4.38. The molecule has 7 nitrogen and oxygen atoms in total. The van der Waals surface area contributed by atoms with E-state index in [2.05, 4.69) is 49.4 Å². The molecule has 0 amide bonds. The molecule has 1 fully saturated rings. The lowest BCUT2D eigenvalue weighted by Crippen LogP contribution is -2.63. The van der Waals surface area contributed by atoms with E-state index in [1.165, 1.54) is 17.1 Å². The average molecular weight is 349 g/mol. The van der Waals surface area contributed by atoms with Crippen LogP contribution in [-0.4, -0.2) is 57.4 Å². The monoisotopic (exact) mass is 349 g/mol. The largest absolute Gasteiger partial charge is 0.368 e. The first kappa shape index (κ1) is 15.6. The van der Waals surface area contributed by atoms with Crippen LogP contribution in [0.5, 0.6) is 0 Å². The summed E-state index contributed by atoms with van der Waals surface area (Å²) in [5.74, 6) is 1.50. The molecule has 3 N–H and O–H groups in total. The highest BCUT2D eigenvalue weighted by Gasteiger charge is 2.46. The minimum atomic E-state index is -0.0161. The summed E-state index contributed by atoms with van der Waals surface area (Å²) in [5.41, 5.74) is 9.12. The molecule has 3 aliphatic rings. The molecule has 0 saturated carbocycles. The van der Waals surface area contributed by atoms with E-state index in [1.807, 2.05) is 12.4 Å². The number of hydrogen-bond donors (Lipinski definition) is 2. The molecule has 0 unspecified atom stereocenters. The summed E-state index contributed by atoms with van der Waals surface area (Å²) in [5, 5.41) is 3.85. The van der Waals surface area contributed by atoms with E-state index >= 15 is 0 Å². The Morgan fingerprint density at radius 3 is 2.65 bits per heavy atom. The Hall–Kier alpha value is -2.67. The molecule has 134 valence electrons. The summed E-state index contributed by atoms with van der Waals surface area (Å²) in [4.78, 5) is 18.0. The van der Waals surface area contributed by atoms with Crippen LogP contribution in [-0.2, 0) is 6.54 Å². The third-order valence-electron chi connectivity index (χ3n) is 5.71. The lowest BCUT2D eigenvalue weighted by Gasteiger charge is -2.52. The number of nitrogen functional groups attached to an aromatic ring is 1. The van der Waals surface area contributed by atoms with Crippen molar-refractivity contribution in [2.75, 3.05) is 37.2 Å². The number of anilines is 2. The topological polar surface area (TPSA) is 82.7 Å². The summed E-state index contributed by atoms with van der Waals surface area (Å²) in [7, 11) is 0. The minimum Gasteiger partial charge on any atom is -0.368 e. The SMILES string of the molecule is Nc1ncc(CN2CCC3(CC2)Nc2ccccc2C2=NCCN23)cn1. The van der Waals surface area contributed by atoms with Crippen molar-refractivity contribution in [2.45, 2.75) is 25.0 Å². The maximum Gasteiger partial charge on any atom is 0.219 e. The number of aromatic nitrogens is 2. The molecule has 7 heteroatoms. The lowest BCUT2D eigenvalue weighted by molar-refractivity contribution is 0.0895. The Labute approximate surface area is 152 Å². The molecule has 3 aliphatic heterocycles. The van der Waals surface area contributed by atoms with Gasteiger partial charge in [-0.3, -0.25) is 9.89 Å². The van der Waals surface area contributed by atoms with Gasteiger partial charge in [0.05, 0.1) is 6.54 Å². The summed E-state index contributed by atoms with van der Waals surface area (Å²) in [6.45, 7) is 4.82. The van der Waals surface area contributed by atoms with E-state index in [-0.39, 0.29) is 5.66 Å². The first-order valence-electron chi connectivity index (χ1n) is 9.22. The summed E-state index contributed by atoms with van der Waals surface area (Å²) in [6, 6.07) is 8.53. The molecular weight excluding hydrogens is 326 g/mol. The molecule has 1 spiro atoms. The quantitative estimate of drug-likeness (QED) is 0.856. The van der Waals surface area contributed by atoms with Gasteiger partial charge < -0.3 is 16.0 Å². The smallest absolute Gasteiger partial charge is 0.219 e. The van der Waals surface area contributed by atoms with Crippen LogP contribution in [0.1, 0.15) is 24.0 Å². The number of rotatable bonds is 2. The zero-order valence-electron chi connectivity index (χ0n) is 14.7. The number of hydrogen-bond acceptors (Lipinski definition) is 7. The van der Waals surface area contributed by atoms with Gasteiger partial charge in [-0.05, 0) is 12.1 Å². The zero-order chi connectivity index (χ0) is 17.6. The highest BCUT2D eigenvalue weighted by Crippen LogP contribution is 2.39. The van der Waals surface area contributed by atoms with Crippen LogP contribution in [0, 0.1) is 0 Å². The fourth-order valence-electron chi connectivity index (χ4n) is 4.38. The molecule has 26 heavy (non-hydrogen) atoms. The molecule has 1 aromatic carbocycles. The summed E-state index contributed by atoms with van der Waals surface area (Å²) in [6.07, 6.45) is 5.78. The maximum absolute atomic E-state index is 5.58. The molecule has 0 radical (unpaired) electrons. The van der Waals surface area contributed by atoms with Crippen LogP contribution in [0.2, 0.25) is 0 Å². The van der Waals surface area contributed by atoms with Crippen LogP contribution in [0.3, 0.4) is 0 Å². The van der Waals surface area contributed by atoms with Gasteiger partial charge in [-0.25, -0.2) is 9.97 Å². The van der Waals surface area contributed by atoms with E-state index in [0.717, 1.165) is 51.1 Å². The standard InChI is InChI=1S/C19H23N7/c20-18-22-11-14(12-23-18)13-25-8-5-19(6-9-25)24-16-4-2-1-3-15(16)17-21-7-10-26(17)19/h1-4,11-12,24H,5-10,13H2,(H2,20,22,23). The van der Waals surface area contributed by atoms with Crippen LogP contribution in [0.25, 0.3) is 0 Å². The first-order valence-corrected chi connectivity index (χ1v) is 9.22. The van der Waals surface area contributed by atoms with Crippen molar-refractivity contribution in [2.24, 2.45) is 4.99 Å². The average Bonchev–Trinajstić information content (AvgIpc) is 3.17. The molecule has 0 atom stereocenters. The number of nitrogens with one attached hydrogen (secondary N) is 1. The number of aliphatic imine (C=N–C) groups is 1. The molecule has 1 aromatic heterocycles. The van der Waals surface area contributed by atoms with Crippen molar-refractivity contribution in [1.29, 1.82) is 0 Å². The molecule has 4 heterocycles. The van der Waals surface area contributed by atoms with Gasteiger partial charge in [-0.15, -0.1) is 0 Å². The molecule has 1 saturated heterocycles. The van der Waals surface area contributed by atoms with E-state index in [4.69, 9.17) is 10.7 Å². The van der Waals surface area contributed by atoms with Gasteiger partial charge >= 0.3 is 0 Å². The highest BCUT2D eigenvalue weighted by molar-refractivity contribution is 6.06.